The molecule has 1 aromatic carbocycles. The fourth-order valence-electron chi connectivity index (χ4n) is 1.51. The van der Waals surface area contributed by atoms with Crippen molar-refractivity contribution in [2.75, 3.05) is 7.11 Å². The SMILES string of the molecule is COC(C)Cc1noc(-c2cc(O)cc(O)c2)n1. The molecule has 1 aromatic heterocycles. The van der Waals surface area contributed by atoms with Crippen LogP contribution in [0.25, 0.3) is 11.5 Å². The summed E-state index contributed by atoms with van der Waals surface area (Å²) in [5.41, 5.74) is 0.469. The monoisotopic (exact) mass is 250 g/mol. The summed E-state index contributed by atoms with van der Waals surface area (Å²) in [6.45, 7) is 1.90. The standard InChI is InChI=1S/C12H14N2O4/c1-7(17-2)3-11-13-12(18-14-11)8-4-9(15)6-10(16)5-8/h4-7,15-16H,3H2,1-2H3. The van der Waals surface area contributed by atoms with Gasteiger partial charge in [0.1, 0.15) is 11.5 Å². The van der Waals surface area contributed by atoms with E-state index in [4.69, 9.17) is 9.26 Å². The molecule has 0 aliphatic carbocycles. The summed E-state index contributed by atoms with van der Waals surface area (Å²) >= 11 is 0. The number of aromatic hydroxyl groups is 2. The Kier molecular flexibility index (Phi) is 3.47. The second kappa shape index (κ2) is 5.05. The zero-order chi connectivity index (χ0) is 13.1. The molecule has 0 amide bonds. The Labute approximate surface area is 104 Å². The lowest BCUT2D eigenvalue weighted by molar-refractivity contribution is 0.116. The van der Waals surface area contributed by atoms with Gasteiger partial charge in [-0.15, -0.1) is 0 Å². The van der Waals surface area contributed by atoms with Crippen molar-refractivity contribution in [1.29, 1.82) is 0 Å². The van der Waals surface area contributed by atoms with Crippen LogP contribution in [-0.2, 0) is 11.2 Å². The lowest BCUT2D eigenvalue weighted by Crippen LogP contribution is -2.09. The lowest BCUT2D eigenvalue weighted by Gasteiger charge is -2.03. The van der Waals surface area contributed by atoms with Crippen molar-refractivity contribution in [3.63, 3.8) is 0 Å². The Morgan fingerprint density at radius 2 is 1.94 bits per heavy atom. The molecule has 0 fully saturated rings. The first-order valence-corrected chi connectivity index (χ1v) is 5.47. The smallest absolute Gasteiger partial charge is 0.258 e. The maximum absolute atomic E-state index is 9.38. The summed E-state index contributed by atoms with van der Waals surface area (Å²) in [6, 6.07) is 4.11. The van der Waals surface area contributed by atoms with Crippen molar-refractivity contribution in [3.05, 3.63) is 24.0 Å². The van der Waals surface area contributed by atoms with Gasteiger partial charge in [0.25, 0.3) is 5.89 Å². The first-order valence-electron chi connectivity index (χ1n) is 5.47. The van der Waals surface area contributed by atoms with Gasteiger partial charge >= 0.3 is 0 Å². The average Bonchev–Trinajstić information content (AvgIpc) is 2.76. The van der Waals surface area contributed by atoms with Gasteiger partial charge in [0, 0.05) is 25.2 Å². The normalized spacial score (nSPS) is 12.6. The molecule has 0 saturated heterocycles. The number of hydrogen-bond acceptors (Lipinski definition) is 6. The second-order valence-electron chi connectivity index (χ2n) is 4.00. The van der Waals surface area contributed by atoms with E-state index >= 15 is 0 Å². The Hall–Kier alpha value is -2.08. The van der Waals surface area contributed by atoms with Crippen LogP contribution in [0.2, 0.25) is 0 Å². The topological polar surface area (TPSA) is 88.6 Å². The van der Waals surface area contributed by atoms with E-state index < -0.39 is 0 Å². The van der Waals surface area contributed by atoms with Crippen LogP contribution >= 0.6 is 0 Å². The van der Waals surface area contributed by atoms with Gasteiger partial charge < -0.3 is 19.5 Å². The minimum absolute atomic E-state index is 0.00645. The molecule has 1 atom stereocenters. The molecule has 96 valence electrons. The highest BCUT2D eigenvalue weighted by atomic mass is 16.5. The molecule has 6 nitrogen and oxygen atoms in total. The van der Waals surface area contributed by atoms with Crippen molar-refractivity contribution in [2.24, 2.45) is 0 Å². The Morgan fingerprint density at radius 3 is 2.56 bits per heavy atom. The van der Waals surface area contributed by atoms with Crippen LogP contribution in [0.1, 0.15) is 12.7 Å². The van der Waals surface area contributed by atoms with Gasteiger partial charge in [-0.3, -0.25) is 0 Å². The summed E-state index contributed by atoms with van der Waals surface area (Å²) < 4.78 is 10.2. The van der Waals surface area contributed by atoms with Gasteiger partial charge in [0.2, 0.25) is 0 Å². The number of phenols is 2. The number of nitrogens with zero attached hydrogens (tertiary/aromatic N) is 2. The molecular formula is C12H14N2O4. The van der Waals surface area contributed by atoms with Gasteiger partial charge in [0.15, 0.2) is 5.82 Å². The van der Waals surface area contributed by atoms with Gasteiger partial charge in [-0.1, -0.05) is 5.16 Å². The number of benzene rings is 1. The summed E-state index contributed by atoms with van der Waals surface area (Å²) in [6.07, 6.45) is 0.526. The third-order valence-electron chi connectivity index (χ3n) is 2.49. The number of hydrogen-bond donors (Lipinski definition) is 2. The zero-order valence-electron chi connectivity index (χ0n) is 10.1. The molecule has 0 saturated carbocycles. The first kappa shape index (κ1) is 12.4. The van der Waals surface area contributed by atoms with E-state index in [1.807, 2.05) is 6.92 Å². The van der Waals surface area contributed by atoms with Gasteiger partial charge in [-0.05, 0) is 19.1 Å². The molecule has 0 bridgehead atoms. The third kappa shape index (κ3) is 2.78. The van der Waals surface area contributed by atoms with Crippen LogP contribution in [0.5, 0.6) is 11.5 Å². The summed E-state index contributed by atoms with van der Waals surface area (Å²) in [4.78, 5) is 4.17. The van der Waals surface area contributed by atoms with Crippen molar-refractivity contribution in [3.8, 4) is 23.0 Å². The van der Waals surface area contributed by atoms with Gasteiger partial charge in [-0.25, -0.2) is 0 Å². The number of phenolic OH excluding ortho intramolecular Hbond substituents is 2. The molecule has 0 spiro atoms. The number of rotatable bonds is 4. The van der Waals surface area contributed by atoms with E-state index in [9.17, 15) is 10.2 Å². The van der Waals surface area contributed by atoms with E-state index in [-0.39, 0.29) is 23.5 Å². The Balaban J connectivity index is 2.23. The Morgan fingerprint density at radius 1 is 1.28 bits per heavy atom. The number of aromatic nitrogens is 2. The van der Waals surface area contributed by atoms with Gasteiger partial charge in [-0.2, -0.15) is 4.98 Å². The van der Waals surface area contributed by atoms with E-state index in [1.54, 1.807) is 7.11 Å². The quantitative estimate of drug-likeness (QED) is 0.859. The van der Waals surface area contributed by atoms with Crippen molar-refractivity contribution in [1.82, 2.24) is 10.1 Å². The molecule has 18 heavy (non-hydrogen) atoms. The summed E-state index contributed by atoms with van der Waals surface area (Å²) in [5, 5.41) is 22.6. The molecule has 1 unspecified atom stereocenters. The van der Waals surface area contributed by atoms with Crippen molar-refractivity contribution in [2.45, 2.75) is 19.4 Å². The Bertz CT molecular complexity index is 518. The van der Waals surface area contributed by atoms with Crippen LogP contribution in [0.15, 0.2) is 22.7 Å². The highest BCUT2D eigenvalue weighted by Gasteiger charge is 2.12. The van der Waals surface area contributed by atoms with Gasteiger partial charge in [0.05, 0.1) is 6.10 Å². The summed E-state index contributed by atoms with van der Waals surface area (Å²) in [5.74, 6) is 0.645. The molecule has 6 heteroatoms. The molecule has 0 aliphatic rings. The molecule has 2 N–H and O–H groups in total. The second-order valence-corrected chi connectivity index (χ2v) is 4.00. The minimum Gasteiger partial charge on any atom is -0.508 e. The van der Waals surface area contributed by atoms with Crippen molar-refractivity contribution >= 4 is 0 Å². The van der Waals surface area contributed by atoms with Crippen LogP contribution < -0.4 is 0 Å². The number of ether oxygens (including phenoxy) is 1. The largest absolute Gasteiger partial charge is 0.508 e. The third-order valence-corrected chi connectivity index (χ3v) is 2.49. The number of methoxy groups -OCH3 is 1. The van der Waals surface area contributed by atoms with E-state index in [1.165, 1.54) is 18.2 Å². The fourth-order valence-corrected chi connectivity index (χ4v) is 1.51. The molecular weight excluding hydrogens is 236 g/mol. The van der Waals surface area contributed by atoms with E-state index in [2.05, 4.69) is 10.1 Å². The predicted molar refractivity (Wildman–Crippen MR) is 63.2 cm³/mol. The van der Waals surface area contributed by atoms with Crippen LogP contribution in [0.3, 0.4) is 0 Å². The van der Waals surface area contributed by atoms with Crippen LogP contribution in [-0.4, -0.2) is 33.6 Å². The predicted octanol–water partition coefficient (Wildman–Crippen LogP) is 1.73. The first-order chi connectivity index (χ1) is 8.58. The minimum atomic E-state index is -0.0602. The van der Waals surface area contributed by atoms with Crippen molar-refractivity contribution < 1.29 is 19.5 Å². The molecule has 1 heterocycles. The highest BCUT2D eigenvalue weighted by Crippen LogP contribution is 2.27. The molecule has 2 rings (SSSR count). The molecule has 0 aliphatic heterocycles. The van der Waals surface area contributed by atoms with E-state index in [0.717, 1.165) is 0 Å². The zero-order valence-corrected chi connectivity index (χ0v) is 10.1. The van der Waals surface area contributed by atoms with Crippen LogP contribution in [0, 0.1) is 0 Å². The fraction of sp³-hybridized carbons (Fsp3) is 0.333. The molecule has 2 aromatic rings. The maximum Gasteiger partial charge on any atom is 0.258 e. The van der Waals surface area contributed by atoms with E-state index in [0.29, 0.717) is 17.8 Å². The molecule has 0 radical (unpaired) electrons. The lowest BCUT2D eigenvalue weighted by atomic mass is 10.2. The highest BCUT2D eigenvalue weighted by molar-refractivity contribution is 5.58. The average molecular weight is 250 g/mol. The maximum atomic E-state index is 9.38. The van der Waals surface area contributed by atoms with Crippen LogP contribution in [0.4, 0.5) is 0 Å². The summed E-state index contributed by atoms with van der Waals surface area (Å²) in [7, 11) is 1.61.